The van der Waals surface area contributed by atoms with E-state index in [9.17, 15) is 24.3 Å². The van der Waals surface area contributed by atoms with Crippen molar-refractivity contribution in [3.05, 3.63) is 35.9 Å². The fourth-order valence-corrected chi connectivity index (χ4v) is 1.94. The summed E-state index contributed by atoms with van der Waals surface area (Å²) in [6.45, 7) is 0. The molecule has 0 heterocycles. The van der Waals surface area contributed by atoms with Gasteiger partial charge in [-0.15, -0.1) is 0 Å². The topological polar surface area (TPSA) is 168 Å². The molecule has 0 fully saturated rings. The van der Waals surface area contributed by atoms with Crippen molar-refractivity contribution in [2.75, 3.05) is 7.11 Å². The van der Waals surface area contributed by atoms with Crippen LogP contribution in [0.1, 0.15) is 12.0 Å². The summed E-state index contributed by atoms with van der Waals surface area (Å²) in [6, 6.07) is 5.58. The average Bonchev–Trinajstić information content (AvgIpc) is 2.57. The van der Waals surface area contributed by atoms with Gasteiger partial charge in [-0.3, -0.25) is 4.79 Å². The first-order chi connectivity index (χ1) is 12.1. The van der Waals surface area contributed by atoms with Gasteiger partial charge in [-0.1, -0.05) is 12.1 Å². The van der Waals surface area contributed by atoms with Crippen molar-refractivity contribution in [2.45, 2.75) is 18.1 Å². The summed E-state index contributed by atoms with van der Waals surface area (Å²) < 4.78 is 8.78. The van der Waals surface area contributed by atoms with Gasteiger partial charge in [0.05, 0.1) is 13.5 Å². The SMILES string of the molecule is COC(=O)[C@@](O)(CC(=O)O)[C@H](OC(=O)/C=C/c1ccc(O)cc1)C(=O)O. The monoisotopic (exact) mass is 368 g/mol. The number of hydrogen-bond acceptors (Lipinski definition) is 8. The maximum atomic E-state index is 11.8. The lowest BCUT2D eigenvalue weighted by Gasteiger charge is -2.28. The number of ether oxygens (including phenoxy) is 2. The van der Waals surface area contributed by atoms with E-state index in [4.69, 9.17) is 15.3 Å². The van der Waals surface area contributed by atoms with Crippen molar-refractivity contribution < 1.29 is 49.1 Å². The van der Waals surface area contributed by atoms with E-state index in [1.807, 2.05) is 0 Å². The Labute approximate surface area is 146 Å². The van der Waals surface area contributed by atoms with Gasteiger partial charge in [-0.2, -0.15) is 0 Å². The van der Waals surface area contributed by atoms with Gasteiger partial charge in [0.15, 0.2) is 0 Å². The number of rotatable bonds is 8. The first-order valence-electron chi connectivity index (χ1n) is 7.03. The number of hydrogen-bond donors (Lipinski definition) is 4. The molecular formula is C16H16O10. The summed E-state index contributed by atoms with van der Waals surface area (Å²) in [5.41, 5.74) is -2.66. The Bertz CT molecular complexity index is 721. The number of esters is 2. The van der Waals surface area contributed by atoms with Crippen LogP contribution in [0.4, 0.5) is 0 Å². The molecule has 0 aliphatic heterocycles. The number of aromatic hydroxyl groups is 1. The van der Waals surface area contributed by atoms with Gasteiger partial charge in [0.2, 0.25) is 11.7 Å². The molecule has 0 saturated heterocycles. The molecule has 10 nitrogen and oxygen atoms in total. The summed E-state index contributed by atoms with van der Waals surface area (Å²) in [5, 5.41) is 37.3. The Morgan fingerprint density at radius 2 is 1.73 bits per heavy atom. The van der Waals surface area contributed by atoms with Crippen LogP contribution in [-0.2, 0) is 28.7 Å². The molecule has 1 rings (SSSR count). The molecule has 4 N–H and O–H groups in total. The summed E-state index contributed by atoms with van der Waals surface area (Å²) in [5.74, 6) is -6.49. The number of carbonyl (C=O) groups is 4. The maximum Gasteiger partial charge on any atom is 0.348 e. The average molecular weight is 368 g/mol. The van der Waals surface area contributed by atoms with Crippen LogP contribution in [0, 0.1) is 0 Å². The van der Waals surface area contributed by atoms with Crippen LogP contribution in [0.2, 0.25) is 0 Å². The number of phenols is 1. The molecule has 0 unspecified atom stereocenters. The molecule has 0 bridgehead atoms. The second-order valence-electron chi connectivity index (χ2n) is 5.07. The third-order valence-electron chi connectivity index (χ3n) is 3.16. The van der Waals surface area contributed by atoms with Gasteiger partial charge in [0.1, 0.15) is 5.75 Å². The quantitative estimate of drug-likeness (QED) is 0.355. The van der Waals surface area contributed by atoms with Crippen LogP contribution < -0.4 is 0 Å². The van der Waals surface area contributed by atoms with Crippen molar-refractivity contribution in [3.8, 4) is 5.75 Å². The van der Waals surface area contributed by atoms with E-state index >= 15 is 0 Å². The summed E-state index contributed by atoms with van der Waals surface area (Å²) in [6.07, 6.45) is -1.84. The van der Waals surface area contributed by atoms with E-state index in [2.05, 4.69) is 9.47 Å². The Morgan fingerprint density at radius 3 is 2.19 bits per heavy atom. The van der Waals surface area contributed by atoms with E-state index in [0.717, 1.165) is 13.2 Å². The number of carbonyl (C=O) groups excluding carboxylic acids is 2. The van der Waals surface area contributed by atoms with Crippen molar-refractivity contribution in [1.82, 2.24) is 0 Å². The minimum Gasteiger partial charge on any atom is -0.508 e. The molecule has 0 aliphatic carbocycles. The van der Waals surface area contributed by atoms with Crippen molar-refractivity contribution in [3.63, 3.8) is 0 Å². The zero-order chi connectivity index (χ0) is 19.9. The number of carboxylic acid groups (broad SMARTS) is 2. The fourth-order valence-electron chi connectivity index (χ4n) is 1.94. The highest BCUT2D eigenvalue weighted by Gasteiger charge is 2.53. The lowest BCUT2D eigenvalue weighted by Crippen LogP contribution is -2.56. The van der Waals surface area contributed by atoms with Crippen LogP contribution in [0.15, 0.2) is 30.3 Å². The van der Waals surface area contributed by atoms with Crippen molar-refractivity contribution in [1.29, 1.82) is 0 Å². The highest BCUT2D eigenvalue weighted by molar-refractivity contribution is 5.95. The van der Waals surface area contributed by atoms with Crippen LogP contribution >= 0.6 is 0 Å². The number of benzene rings is 1. The number of aliphatic hydroxyl groups is 1. The molecule has 0 spiro atoms. The first kappa shape index (κ1) is 20.6. The normalized spacial score (nSPS) is 14.2. The van der Waals surface area contributed by atoms with E-state index < -0.39 is 42.0 Å². The van der Waals surface area contributed by atoms with Crippen molar-refractivity contribution in [2.24, 2.45) is 0 Å². The van der Waals surface area contributed by atoms with Gasteiger partial charge in [0, 0.05) is 6.08 Å². The van der Waals surface area contributed by atoms with E-state index in [-0.39, 0.29) is 5.75 Å². The predicted octanol–water partition coefficient (Wildman–Crippen LogP) is -0.219. The van der Waals surface area contributed by atoms with Gasteiger partial charge in [-0.25, -0.2) is 14.4 Å². The molecule has 0 radical (unpaired) electrons. The molecule has 140 valence electrons. The summed E-state index contributed by atoms with van der Waals surface area (Å²) >= 11 is 0. The van der Waals surface area contributed by atoms with Crippen LogP contribution in [0.5, 0.6) is 5.75 Å². The first-order valence-corrected chi connectivity index (χ1v) is 7.03. The zero-order valence-electron chi connectivity index (χ0n) is 13.5. The number of methoxy groups -OCH3 is 1. The Hall–Kier alpha value is -3.40. The van der Waals surface area contributed by atoms with E-state index in [1.54, 1.807) is 0 Å². The molecule has 0 aliphatic rings. The second-order valence-corrected chi connectivity index (χ2v) is 5.07. The third kappa shape index (κ3) is 5.31. The number of phenolic OH excluding ortho intramolecular Hbond substituents is 1. The summed E-state index contributed by atoms with van der Waals surface area (Å²) in [4.78, 5) is 45.6. The van der Waals surface area contributed by atoms with Gasteiger partial charge < -0.3 is 29.9 Å². The number of aliphatic carboxylic acids is 2. The van der Waals surface area contributed by atoms with Crippen molar-refractivity contribution >= 4 is 30.0 Å². The minimum absolute atomic E-state index is 0.00696. The standard InChI is InChI=1S/C16H16O10/c1-25-15(23)16(24,8-11(18)19)13(14(21)22)26-12(20)7-4-9-2-5-10(17)6-3-9/h2-7,13,17,24H,8H2,1H3,(H,18,19)(H,21,22)/b7-4+/t13-,16-/m1/s1. The lowest BCUT2D eigenvalue weighted by molar-refractivity contribution is -0.197. The second kappa shape index (κ2) is 8.62. The molecule has 1 aromatic rings. The smallest absolute Gasteiger partial charge is 0.348 e. The highest BCUT2D eigenvalue weighted by atomic mass is 16.6. The molecule has 1 aromatic carbocycles. The molecular weight excluding hydrogens is 352 g/mol. The van der Waals surface area contributed by atoms with Gasteiger partial charge in [0.25, 0.3) is 0 Å². The molecule has 2 atom stereocenters. The minimum atomic E-state index is -3.12. The summed E-state index contributed by atoms with van der Waals surface area (Å²) in [7, 11) is 0.806. The molecule has 0 saturated carbocycles. The molecule has 0 amide bonds. The highest BCUT2D eigenvalue weighted by Crippen LogP contribution is 2.22. The van der Waals surface area contributed by atoms with Crippen LogP contribution in [-0.4, -0.2) is 63.1 Å². The predicted molar refractivity (Wildman–Crippen MR) is 83.9 cm³/mol. The third-order valence-corrected chi connectivity index (χ3v) is 3.16. The Balaban J connectivity index is 3.02. The largest absolute Gasteiger partial charge is 0.508 e. The van der Waals surface area contributed by atoms with Crippen LogP contribution in [0.3, 0.4) is 0 Å². The van der Waals surface area contributed by atoms with Gasteiger partial charge >= 0.3 is 23.9 Å². The Kier molecular flexibility index (Phi) is 6.85. The zero-order valence-corrected chi connectivity index (χ0v) is 13.5. The molecule has 0 aromatic heterocycles. The fraction of sp³-hybridized carbons (Fsp3) is 0.250. The Morgan fingerprint density at radius 1 is 1.15 bits per heavy atom. The van der Waals surface area contributed by atoms with Crippen LogP contribution in [0.25, 0.3) is 6.08 Å². The van der Waals surface area contributed by atoms with E-state index in [0.29, 0.717) is 5.56 Å². The maximum absolute atomic E-state index is 11.8. The molecule has 10 heteroatoms. The van der Waals surface area contributed by atoms with E-state index in [1.165, 1.54) is 30.3 Å². The van der Waals surface area contributed by atoms with Gasteiger partial charge in [-0.05, 0) is 23.8 Å². The number of carboxylic acids is 2. The molecule has 26 heavy (non-hydrogen) atoms. The lowest BCUT2D eigenvalue weighted by atomic mass is 9.92.